The van der Waals surface area contributed by atoms with Crippen molar-refractivity contribution in [3.05, 3.63) is 58.6 Å². The van der Waals surface area contributed by atoms with Crippen molar-refractivity contribution in [1.82, 2.24) is 9.97 Å². The fourth-order valence-corrected chi connectivity index (χ4v) is 4.69. The van der Waals surface area contributed by atoms with Crippen LogP contribution in [-0.4, -0.2) is 29.0 Å². The van der Waals surface area contributed by atoms with Crippen molar-refractivity contribution in [1.29, 1.82) is 0 Å². The quantitative estimate of drug-likeness (QED) is 0.313. The van der Waals surface area contributed by atoms with Crippen LogP contribution >= 0.6 is 34.3 Å². The number of ether oxygens (including phenoxy) is 1. The number of methoxy groups -OCH3 is 1. The molecule has 0 unspecified atom stereocenters. The minimum absolute atomic E-state index is 0.157. The first-order chi connectivity index (χ1) is 15.5. The van der Waals surface area contributed by atoms with Crippen molar-refractivity contribution in [2.24, 2.45) is 0 Å². The zero-order chi connectivity index (χ0) is 22.5. The molecular weight excluding hydrogens is 470 g/mol. The molecule has 0 saturated heterocycles. The molecule has 8 nitrogen and oxygen atoms in total. The fraction of sp³-hybridized carbons (Fsp3) is 0.143. The molecule has 3 amide bonds. The minimum Gasteiger partial charge on any atom is -0.497 e. The molecule has 0 atom stereocenters. The molecule has 0 fully saturated rings. The summed E-state index contributed by atoms with van der Waals surface area (Å²) >= 11 is 8.66. The van der Waals surface area contributed by atoms with Gasteiger partial charge in [0.2, 0.25) is 5.91 Å². The van der Waals surface area contributed by atoms with Gasteiger partial charge in [-0.15, -0.1) is 11.3 Å². The van der Waals surface area contributed by atoms with E-state index in [1.165, 1.54) is 22.7 Å². The summed E-state index contributed by atoms with van der Waals surface area (Å²) in [6.07, 6.45) is 0.693. The molecule has 0 spiro atoms. The Hall–Kier alpha value is -3.21. The predicted octanol–water partition coefficient (Wildman–Crippen LogP) is 5.63. The molecule has 4 aromatic rings. The summed E-state index contributed by atoms with van der Waals surface area (Å²) in [5.41, 5.74) is 2.15. The zero-order valence-corrected chi connectivity index (χ0v) is 19.2. The number of aromatic nitrogens is 2. The lowest BCUT2D eigenvalue weighted by atomic mass is 10.2. The first-order valence-corrected chi connectivity index (χ1v) is 11.6. The molecule has 11 heteroatoms. The van der Waals surface area contributed by atoms with Crippen LogP contribution in [0.25, 0.3) is 10.2 Å². The highest BCUT2D eigenvalue weighted by molar-refractivity contribution is 7.22. The summed E-state index contributed by atoms with van der Waals surface area (Å²) in [7, 11) is 1.58. The standard InChI is InChI=1S/C21H18ClN5O3S2/c1-30-15-6-3-13(4-7-15)23-19(29)27-20-24-14(11-31-20)5-9-18(28)26-21-25-16-8-2-12(22)10-17(16)32-21/h2-4,6-8,10-11H,5,9H2,1H3,(H,25,26,28)(H2,23,24,27,29). The number of amides is 3. The Morgan fingerprint density at radius 1 is 1.03 bits per heavy atom. The van der Waals surface area contributed by atoms with Crippen molar-refractivity contribution >= 4 is 72.4 Å². The maximum Gasteiger partial charge on any atom is 0.325 e. The van der Waals surface area contributed by atoms with E-state index in [0.29, 0.717) is 33.1 Å². The largest absolute Gasteiger partial charge is 0.497 e. The van der Waals surface area contributed by atoms with Gasteiger partial charge in [-0.05, 0) is 48.9 Å². The Morgan fingerprint density at radius 2 is 1.84 bits per heavy atom. The second-order valence-corrected chi connectivity index (χ2v) is 8.96. The highest BCUT2D eigenvalue weighted by Crippen LogP contribution is 2.28. The first-order valence-electron chi connectivity index (χ1n) is 9.51. The van der Waals surface area contributed by atoms with Gasteiger partial charge in [-0.3, -0.25) is 10.1 Å². The third-order valence-electron chi connectivity index (χ3n) is 4.33. The van der Waals surface area contributed by atoms with Crippen molar-refractivity contribution in [3.8, 4) is 5.75 Å². The van der Waals surface area contributed by atoms with E-state index in [0.717, 1.165) is 15.9 Å². The molecule has 2 aromatic heterocycles. The van der Waals surface area contributed by atoms with Crippen LogP contribution in [0.5, 0.6) is 5.75 Å². The number of carbonyl (C=O) groups is 2. The third kappa shape index (κ3) is 5.72. The van der Waals surface area contributed by atoms with Crippen molar-refractivity contribution in [3.63, 3.8) is 0 Å². The second-order valence-electron chi connectivity index (χ2n) is 6.63. The van der Waals surface area contributed by atoms with E-state index in [1.807, 2.05) is 17.5 Å². The van der Waals surface area contributed by atoms with Crippen LogP contribution in [-0.2, 0) is 11.2 Å². The normalized spacial score (nSPS) is 10.7. The van der Waals surface area contributed by atoms with Gasteiger partial charge >= 0.3 is 6.03 Å². The SMILES string of the molecule is COc1ccc(NC(=O)Nc2nc(CCC(=O)Nc3nc4ccc(Cl)cc4s3)cs2)cc1. The number of hydrogen-bond donors (Lipinski definition) is 3. The fourth-order valence-electron chi connectivity index (χ4n) is 2.79. The number of urea groups is 1. The molecular formula is C21H18ClN5O3S2. The average molecular weight is 488 g/mol. The van der Waals surface area contributed by atoms with Gasteiger partial charge in [-0.1, -0.05) is 22.9 Å². The van der Waals surface area contributed by atoms with E-state index < -0.39 is 6.03 Å². The minimum atomic E-state index is -0.398. The zero-order valence-electron chi connectivity index (χ0n) is 16.8. The van der Waals surface area contributed by atoms with Crippen molar-refractivity contribution < 1.29 is 14.3 Å². The third-order valence-corrected chi connectivity index (χ3v) is 6.30. The number of hydrogen-bond acceptors (Lipinski definition) is 7. The van der Waals surface area contributed by atoms with E-state index >= 15 is 0 Å². The highest BCUT2D eigenvalue weighted by atomic mass is 35.5. The van der Waals surface area contributed by atoms with Gasteiger partial charge in [0.15, 0.2) is 10.3 Å². The van der Waals surface area contributed by atoms with Crippen molar-refractivity contribution in [2.45, 2.75) is 12.8 Å². The van der Waals surface area contributed by atoms with E-state index in [-0.39, 0.29) is 12.3 Å². The Balaban J connectivity index is 1.25. The number of aryl methyl sites for hydroxylation is 1. The van der Waals surface area contributed by atoms with Crippen LogP contribution in [0.1, 0.15) is 12.1 Å². The van der Waals surface area contributed by atoms with Gasteiger partial charge in [0.1, 0.15) is 5.75 Å². The van der Waals surface area contributed by atoms with E-state index in [1.54, 1.807) is 37.4 Å². The molecule has 3 N–H and O–H groups in total. The van der Waals surface area contributed by atoms with Crippen LogP contribution < -0.4 is 20.7 Å². The van der Waals surface area contributed by atoms with Crippen LogP contribution in [0.2, 0.25) is 5.02 Å². The topological polar surface area (TPSA) is 105 Å². The average Bonchev–Trinajstić information content (AvgIpc) is 3.38. The Morgan fingerprint density at radius 3 is 2.62 bits per heavy atom. The first kappa shape index (κ1) is 22.0. The molecule has 0 aliphatic carbocycles. The summed E-state index contributed by atoms with van der Waals surface area (Å²) in [6.45, 7) is 0. The molecule has 164 valence electrons. The monoisotopic (exact) mass is 487 g/mol. The van der Waals surface area contributed by atoms with Crippen LogP contribution in [0.4, 0.5) is 20.7 Å². The molecule has 0 radical (unpaired) electrons. The van der Waals surface area contributed by atoms with Gasteiger partial charge in [-0.2, -0.15) is 0 Å². The number of rotatable bonds is 7. The molecule has 0 saturated carbocycles. The lowest BCUT2D eigenvalue weighted by Gasteiger charge is -2.06. The summed E-state index contributed by atoms with van der Waals surface area (Å²) in [6, 6.07) is 12.0. The maximum atomic E-state index is 12.3. The number of fused-ring (bicyclic) bond motifs is 1. The smallest absolute Gasteiger partial charge is 0.325 e. The Labute approximate surface area is 196 Å². The van der Waals surface area contributed by atoms with E-state index in [4.69, 9.17) is 16.3 Å². The molecule has 32 heavy (non-hydrogen) atoms. The van der Waals surface area contributed by atoms with Crippen LogP contribution in [0.3, 0.4) is 0 Å². The number of anilines is 3. The van der Waals surface area contributed by atoms with Crippen molar-refractivity contribution in [2.75, 3.05) is 23.1 Å². The molecule has 0 aliphatic rings. The Bertz CT molecular complexity index is 1260. The lowest BCUT2D eigenvalue weighted by Crippen LogP contribution is -2.19. The predicted molar refractivity (Wildman–Crippen MR) is 129 cm³/mol. The highest BCUT2D eigenvalue weighted by Gasteiger charge is 2.11. The molecule has 4 rings (SSSR count). The lowest BCUT2D eigenvalue weighted by molar-refractivity contribution is -0.116. The number of benzene rings is 2. The molecule has 2 heterocycles. The van der Waals surface area contributed by atoms with E-state index in [2.05, 4.69) is 25.9 Å². The molecule has 0 aliphatic heterocycles. The van der Waals surface area contributed by atoms with Gasteiger partial charge in [0.25, 0.3) is 0 Å². The summed E-state index contributed by atoms with van der Waals surface area (Å²) in [4.78, 5) is 33.2. The maximum absolute atomic E-state index is 12.3. The van der Waals surface area contributed by atoms with Gasteiger partial charge in [0, 0.05) is 22.5 Å². The van der Waals surface area contributed by atoms with Gasteiger partial charge < -0.3 is 15.4 Å². The van der Waals surface area contributed by atoms with E-state index in [9.17, 15) is 9.59 Å². The summed E-state index contributed by atoms with van der Waals surface area (Å²) in [5, 5.41) is 11.7. The molecule has 2 aromatic carbocycles. The Kier molecular flexibility index (Phi) is 6.84. The number of thiazole rings is 2. The summed E-state index contributed by atoms with van der Waals surface area (Å²) < 4.78 is 6.00. The number of nitrogens with zero attached hydrogens (tertiary/aromatic N) is 2. The van der Waals surface area contributed by atoms with Crippen LogP contribution in [0.15, 0.2) is 47.8 Å². The molecule has 0 bridgehead atoms. The number of halogens is 1. The van der Waals surface area contributed by atoms with Gasteiger partial charge in [0.05, 0.1) is 23.0 Å². The van der Waals surface area contributed by atoms with Crippen LogP contribution in [0, 0.1) is 0 Å². The second kappa shape index (κ2) is 9.94. The summed E-state index contributed by atoms with van der Waals surface area (Å²) in [5.74, 6) is 0.548. The number of carbonyl (C=O) groups excluding carboxylic acids is 2. The number of nitrogens with one attached hydrogen (secondary N) is 3. The van der Waals surface area contributed by atoms with Gasteiger partial charge in [-0.25, -0.2) is 14.8 Å².